The fourth-order valence-corrected chi connectivity index (χ4v) is 5.88. The number of rotatable bonds is 3. The first-order valence-corrected chi connectivity index (χ1v) is 11.9. The smallest absolute Gasteiger partial charge is 0.265 e. The number of hydrogen-bond donors (Lipinski definition) is 0. The van der Waals surface area contributed by atoms with E-state index < -0.39 is 0 Å². The van der Waals surface area contributed by atoms with E-state index in [4.69, 9.17) is 4.98 Å². The highest BCUT2D eigenvalue weighted by atomic mass is 32.1. The van der Waals surface area contributed by atoms with Gasteiger partial charge in [0.15, 0.2) is 0 Å². The molecule has 0 aliphatic carbocycles. The van der Waals surface area contributed by atoms with E-state index in [0.29, 0.717) is 6.04 Å². The molecule has 156 valence electrons. The monoisotopic (exact) mass is 411 g/mol. The van der Waals surface area contributed by atoms with E-state index >= 15 is 0 Å². The number of carbonyl (C=O) groups excluding carboxylic acids is 1. The van der Waals surface area contributed by atoms with Crippen LogP contribution in [0.25, 0.3) is 10.6 Å². The maximum absolute atomic E-state index is 13.2. The lowest BCUT2D eigenvalue weighted by Crippen LogP contribution is -2.47. The summed E-state index contributed by atoms with van der Waals surface area (Å²) in [4.78, 5) is 23.5. The zero-order chi connectivity index (χ0) is 20.4. The Bertz CT molecular complexity index is 839. The van der Waals surface area contributed by atoms with Crippen molar-refractivity contribution in [2.75, 3.05) is 26.2 Å². The van der Waals surface area contributed by atoms with Crippen LogP contribution in [-0.4, -0.2) is 52.9 Å². The minimum atomic E-state index is 0.171. The van der Waals surface area contributed by atoms with Gasteiger partial charge in [0.25, 0.3) is 5.91 Å². The van der Waals surface area contributed by atoms with Crippen LogP contribution in [0.1, 0.15) is 65.0 Å². The molecule has 29 heavy (non-hydrogen) atoms. The second kappa shape index (κ2) is 8.97. The standard InChI is InChI=1S/C24H33N3OS/c1-17-14-18(2)16-20(15-17)23-25-19(3)22(29-23)24(28)27-12-8-21(9-13-27)26-10-6-4-5-7-11-26/h14-16,21H,4-13H2,1-3H3. The Hall–Kier alpha value is -1.72. The molecule has 2 aliphatic rings. The number of nitrogens with zero attached hydrogens (tertiary/aromatic N) is 3. The number of carbonyl (C=O) groups is 1. The molecule has 2 fully saturated rings. The number of piperidine rings is 1. The molecular weight excluding hydrogens is 378 g/mol. The van der Waals surface area contributed by atoms with E-state index in [1.165, 1.54) is 49.9 Å². The van der Waals surface area contributed by atoms with Crippen LogP contribution in [0.2, 0.25) is 0 Å². The first kappa shape index (κ1) is 20.5. The highest BCUT2D eigenvalue weighted by molar-refractivity contribution is 7.17. The second-order valence-electron chi connectivity index (χ2n) is 8.78. The lowest BCUT2D eigenvalue weighted by molar-refractivity contribution is 0.0626. The first-order valence-electron chi connectivity index (χ1n) is 11.1. The third-order valence-corrected chi connectivity index (χ3v) is 7.56. The highest BCUT2D eigenvalue weighted by Gasteiger charge is 2.29. The topological polar surface area (TPSA) is 36.4 Å². The average Bonchev–Trinajstić information content (AvgIpc) is 2.90. The van der Waals surface area contributed by atoms with Gasteiger partial charge in [-0.05, 0) is 71.7 Å². The summed E-state index contributed by atoms with van der Waals surface area (Å²) in [7, 11) is 0. The third-order valence-electron chi connectivity index (χ3n) is 6.37. The third kappa shape index (κ3) is 4.72. The summed E-state index contributed by atoms with van der Waals surface area (Å²) in [6.07, 6.45) is 7.63. The Balaban J connectivity index is 1.43. The summed E-state index contributed by atoms with van der Waals surface area (Å²) in [5.74, 6) is 0.171. The SMILES string of the molecule is Cc1cc(C)cc(-c2nc(C)c(C(=O)N3CCC(N4CCCCCC4)CC3)s2)c1. The van der Waals surface area contributed by atoms with Crippen molar-refractivity contribution in [3.8, 4) is 10.6 Å². The van der Waals surface area contributed by atoms with Gasteiger partial charge in [0.1, 0.15) is 9.88 Å². The van der Waals surface area contributed by atoms with Crippen LogP contribution >= 0.6 is 11.3 Å². The van der Waals surface area contributed by atoms with E-state index in [1.54, 1.807) is 11.3 Å². The number of aryl methyl sites for hydroxylation is 3. The Morgan fingerprint density at radius 3 is 2.17 bits per heavy atom. The minimum Gasteiger partial charge on any atom is -0.338 e. The number of benzene rings is 1. The summed E-state index contributed by atoms with van der Waals surface area (Å²) in [6.45, 7) is 10.4. The van der Waals surface area contributed by atoms with Gasteiger partial charge in [-0.3, -0.25) is 4.79 Å². The molecule has 2 aliphatic heterocycles. The molecule has 0 atom stereocenters. The van der Waals surface area contributed by atoms with Gasteiger partial charge in [-0.25, -0.2) is 4.98 Å². The van der Waals surface area contributed by atoms with Crippen LogP contribution in [-0.2, 0) is 0 Å². The van der Waals surface area contributed by atoms with E-state index in [2.05, 4.69) is 41.8 Å². The maximum Gasteiger partial charge on any atom is 0.265 e. The fourth-order valence-electron chi connectivity index (χ4n) is 4.85. The van der Waals surface area contributed by atoms with Crippen molar-refractivity contribution in [3.05, 3.63) is 39.9 Å². The number of amides is 1. The molecule has 0 N–H and O–H groups in total. The Kier molecular flexibility index (Phi) is 6.35. The van der Waals surface area contributed by atoms with Crippen LogP contribution in [0.5, 0.6) is 0 Å². The molecule has 1 amide bonds. The van der Waals surface area contributed by atoms with Crippen molar-refractivity contribution in [1.29, 1.82) is 0 Å². The number of aromatic nitrogens is 1. The Morgan fingerprint density at radius 2 is 1.55 bits per heavy atom. The van der Waals surface area contributed by atoms with E-state index in [0.717, 1.165) is 47.1 Å². The maximum atomic E-state index is 13.2. The molecule has 0 unspecified atom stereocenters. The van der Waals surface area contributed by atoms with Crippen molar-refractivity contribution in [1.82, 2.24) is 14.8 Å². The van der Waals surface area contributed by atoms with Crippen LogP contribution < -0.4 is 0 Å². The summed E-state index contributed by atoms with van der Waals surface area (Å²) in [5.41, 5.74) is 4.45. The van der Waals surface area contributed by atoms with Crippen molar-refractivity contribution < 1.29 is 4.79 Å². The largest absolute Gasteiger partial charge is 0.338 e. The van der Waals surface area contributed by atoms with Gasteiger partial charge in [0.2, 0.25) is 0 Å². The Morgan fingerprint density at radius 1 is 0.931 bits per heavy atom. The molecule has 5 heteroatoms. The molecule has 2 aromatic rings. The van der Waals surface area contributed by atoms with Crippen LogP contribution in [0, 0.1) is 20.8 Å². The van der Waals surface area contributed by atoms with E-state index in [-0.39, 0.29) is 5.91 Å². The molecular formula is C24H33N3OS. The predicted octanol–water partition coefficient (Wildman–Crippen LogP) is 5.22. The average molecular weight is 412 g/mol. The van der Waals surface area contributed by atoms with Gasteiger partial charge in [-0.2, -0.15) is 0 Å². The van der Waals surface area contributed by atoms with Crippen LogP contribution in [0.3, 0.4) is 0 Å². The molecule has 3 heterocycles. The molecule has 0 bridgehead atoms. The van der Waals surface area contributed by atoms with Crippen molar-refractivity contribution >= 4 is 17.2 Å². The lowest BCUT2D eigenvalue weighted by Gasteiger charge is -2.38. The lowest BCUT2D eigenvalue weighted by atomic mass is 10.0. The fraction of sp³-hybridized carbons (Fsp3) is 0.583. The summed E-state index contributed by atoms with van der Waals surface area (Å²) in [6, 6.07) is 7.15. The van der Waals surface area contributed by atoms with Gasteiger partial charge in [0, 0.05) is 24.7 Å². The molecule has 1 aromatic carbocycles. The highest BCUT2D eigenvalue weighted by Crippen LogP contribution is 2.31. The minimum absolute atomic E-state index is 0.171. The normalized spacial score (nSPS) is 19.3. The van der Waals surface area contributed by atoms with Crippen molar-refractivity contribution in [2.45, 2.75) is 65.3 Å². The van der Waals surface area contributed by atoms with E-state index in [9.17, 15) is 4.79 Å². The van der Waals surface area contributed by atoms with Crippen LogP contribution in [0.15, 0.2) is 18.2 Å². The van der Waals surface area contributed by atoms with Gasteiger partial charge < -0.3 is 9.80 Å². The summed E-state index contributed by atoms with van der Waals surface area (Å²) < 4.78 is 0. The van der Waals surface area contributed by atoms with Gasteiger partial charge in [0.05, 0.1) is 5.69 Å². The first-order chi connectivity index (χ1) is 14.0. The van der Waals surface area contributed by atoms with E-state index in [1.807, 2.05) is 6.92 Å². The second-order valence-corrected chi connectivity index (χ2v) is 9.78. The number of hydrogen-bond acceptors (Lipinski definition) is 4. The summed E-state index contributed by atoms with van der Waals surface area (Å²) in [5, 5.41) is 0.956. The van der Waals surface area contributed by atoms with Crippen LogP contribution in [0.4, 0.5) is 0 Å². The van der Waals surface area contributed by atoms with Gasteiger partial charge in [-0.1, -0.05) is 30.0 Å². The quantitative estimate of drug-likeness (QED) is 0.695. The van der Waals surface area contributed by atoms with Gasteiger partial charge >= 0.3 is 0 Å². The molecule has 0 saturated carbocycles. The predicted molar refractivity (Wildman–Crippen MR) is 121 cm³/mol. The zero-order valence-electron chi connectivity index (χ0n) is 18.0. The molecule has 2 saturated heterocycles. The molecule has 0 radical (unpaired) electrons. The Labute approximate surface area is 178 Å². The summed E-state index contributed by atoms with van der Waals surface area (Å²) >= 11 is 1.55. The zero-order valence-corrected chi connectivity index (χ0v) is 18.9. The number of likely N-dealkylation sites (tertiary alicyclic amines) is 2. The number of thiazole rings is 1. The van der Waals surface area contributed by atoms with Gasteiger partial charge in [-0.15, -0.1) is 11.3 Å². The molecule has 1 aromatic heterocycles. The molecule has 0 spiro atoms. The molecule has 4 rings (SSSR count). The molecule has 4 nitrogen and oxygen atoms in total. The van der Waals surface area contributed by atoms with Crippen molar-refractivity contribution in [3.63, 3.8) is 0 Å². The van der Waals surface area contributed by atoms with Crippen molar-refractivity contribution in [2.24, 2.45) is 0 Å².